The second-order valence-electron chi connectivity index (χ2n) is 6.44. The van der Waals surface area contributed by atoms with Gasteiger partial charge in [-0.1, -0.05) is 18.2 Å². The number of fused-ring (bicyclic) bond motifs is 1. The number of aromatic amines is 1. The maximum absolute atomic E-state index is 12.5. The minimum absolute atomic E-state index is 0.190. The van der Waals surface area contributed by atoms with Crippen LogP contribution in [0.2, 0.25) is 0 Å². The van der Waals surface area contributed by atoms with Crippen LogP contribution in [0, 0.1) is 0 Å². The van der Waals surface area contributed by atoms with E-state index in [-0.39, 0.29) is 30.1 Å². The minimum atomic E-state index is -0.348. The Bertz CT molecular complexity index is 1100. The molecule has 1 aromatic carbocycles. The van der Waals surface area contributed by atoms with Crippen LogP contribution in [0.15, 0.2) is 52.1 Å². The van der Waals surface area contributed by atoms with E-state index < -0.39 is 0 Å². The van der Waals surface area contributed by atoms with Gasteiger partial charge in [-0.2, -0.15) is 5.10 Å². The van der Waals surface area contributed by atoms with Crippen LogP contribution in [0.3, 0.4) is 0 Å². The van der Waals surface area contributed by atoms with Gasteiger partial charge in [0.05, 0.1) is 17.8 Å². The van der Waals surface area contributed by atoms with Crippen LogP contribution in [0.4, 0.5) is 0 Å². The molecule has 0 atom stereocenters. The van der Waals surface area contributed by atoms with Crippen LogP contribution in [-0.4, -0.2) is 27.2 Å². The molecule has 1 amide bonds. The zero-order valence-electron chi connectivity index (χ0n) is 14.1. The van der Waals surface area contributed by atoms with Crippen molar-refractivity contribution in [3.8, 4) is 0 Å². The summed E-state index contributed by atoms with van der Waals surface area (Å²) in [5, 5.41) is 7.81. The molecule has 1 aliphatic rings. The first kappa shape index (κ1) is 16.3. The molecule has 132 valence electrons. The number of carbonyl (C=O) groups is 1. The van der Waals surface area contributed by atoms with Gasteiger partial charge in [0.15, 0.2) is 0 Å². The first-order valence-corrected chi connectivity index (χ1v) is 8.60. The first-order valence-electron chi connectivity index (χ1n) is 8.60. The Kier molecular flexibility index (Phi) is 4.12. The number of aromatic nitrogens is 3. The number of carbonyl (C=O) groups excluding carboxylic acids is 1. The van der Waals surface area contributed by atoms with E-state index >= 15 is 0 Å². The van der Waals surface area contributed by atoms with Crippen molar-refractivity contribution in [2.45, 2.75) is 25.3 Å². The van der Waals surface area contributed by atoms with E-state index in [0.29, 0.717) is 22.4 Å². The number of benzene rings is 1. The van der Waals surface area contributed by atoms with Crippen molar-refractivity contribution in [3.05, 3.63) is 74.4 Å². The summed E-state index contributed by atoms with van der Waals surface area (Å²) in [6.07, 6.45) is 2.22. The number of nitrogens with zero attached hydrogens (tertiary/aromatic N) is 2. The average molecular weight is 350 g/mol. The summed E-state index contributed by atoms with van der Waals surface area (Å²) < 4.78 is 1.38. The molecule has 4 rings (SSSR count). The number of rotatable bonds is 5. The average Bonchev–Trinajstić information content (AvgIpc) is 3.47. The Balaban J connectivity index is 1.49. The summed E-state index contributed by atoms with van der Waals surface area (Å²) in [7, 11) is 0. The molecule has 1 aliphatic carbocycles. The third-order valence-electron chi connectivity index (χ3n) is 4.49. The van der Waals surface area contributed by atoms with Crippen molar-refractivity contribution in [2.75, 3.05) is 6.54 Å². The Morgan fingerprint density at radius 2 is 2.00 bits per heavy atom. The summed E-state index contributed by atoms with van der Waals surface area (Å²) in [6, 6.07) is 11.7. The molecule has 3 aromatic rings. The lowest BCUT2D eigenvalue weighted by Gasteiger charge is -2.09. The molecule has 2 heterocycles. The van der Waals surface area contributed by atoms with E-state index in [1.54, 1.807) is 24.3 Å². The molecular formula is C19H18N4O3. The van der Waals surface area contributed by atoms with Crippen molar-refractivity contribution in [1.82, 2.24) is 20.1 Å². The summed E-state index contributed by atoms with van der Waals surface area (Å²) in [5.74, 6) is 0.109. The molecule has 2 aromatic heterocycles. The van der Waals surface area contributed by atoms with E-state index in [4.69, 9.17) is 0 Å². The number of H-pyrrole nitrogens is 1. The standard InChI is InChI=1S/C19H18N4O3/c24-17-11-14(13-3-1-2-4-16(13)21-17)19(26)20-9-10-23-18(25)8-7-15(22-23)12-5-6-12/h1-4,7-8,11-12H,5-6,9-10H2,(H,20,26)(H,21,24). The highest BCUT2D eigenvalue weighted by Crippen LogP contribution is 2.38. The van der Waals surface area contributed by atoms with Gasteiger partial charge in [0, 0.05) is 35.5 Å². The SMILES string of the molecule is O=C(NCCn1nc(C2CC2)ccc1=O)c1cc(=O)[nH]c2ccccc12. The summed E-state index contributed by atoms with van der Waals surface area (Å²) in [5.41, 5.74) is 1.34. The van der Waals surface area contributed by atoms with Gasteiger partial charge in [-0.25, -0.2) is 4.68 Å². The van der Waals surface area contributed by atoms with Crippen molar-refractivity contribution in [1.29, 1.82) is 0 Å². The molecule has 7 heteroatoms. The number of amides is 1. The highest BCUT2D eigenvalue weighted by atomic mass is 16.2. The van der Waals surface area contributed by atoms with Crippen LogP contribution in [0.5, 0.6) is 0 Å². The van der Waals surface area contributed by atoms with Gasteiger partial charge in [0.1, 0.15) is 0 Å². The number of nitrogens with one attached hydrogen (secondary N) is 2. The fourth-order valence-corrected chi connectivity index (χ4v) is 2.98. The Hall–Kier alpha value is -3.22. The van der Waals surface area contributed by atoms with Gasteiger partial charge in [0.25, 0.3) is 11.5 Å². The number of hydrogen-bond donors (Lipinski definition) is 2. The van der Waals surface area contributed by atoms with Gasteiger partial charge in [-0.05, 0) is 25.0 Å². The lowest BCUT2D eigenvalue weighted by Crippen LogP contribution is -2.32. The summed E-state index contributed by atoms with van der Waals surface area (Å²) in [6.45, 7) is 0.535. The van der Waals surface area contributed by atoms with Crippen molar-refractivity contribution in [3.63, 3.8) is 0 Å². The van der Waals surface area contributed by atoms with Gasteiger partial charge in [0.2, 0.25) is 5.56 Å². The lowest BCUT2D eigenvalue weighted by molar-refractivity contribution is 0.0953. The van der Waals surface area contributed by atoms with E-state index in [1.165, 1.54) is 16.8 Å². The second kappa shape index (κ2) is 6.59. The maximum Gasteiger partial charge on any atom is 0.266 e. The Morgan fingerprint density at radius 1 is 1.19 bits per heavy atom. The zero-order chi connectivity index (χ0) is 18.1. The molecule has 1 fully saturated rings. The number of pyridine rings is 1. The predicted molar refractivity (Wildman–Crippen MR) is 97.4 cm³/mol. The van der Waals surface area contributed by atoms with E-state index in [1.807, 2.05) is 6.07 Å². The van der Waals surface area contributed by atoms with E-state index in [9.17, 15) is 14.4 Å². The molecule has 2 N–H and O–H groups in total. The molecule has 0 radical (unpaired) electrons. The first-order chi connectivity index (χ1) is 12.6. The third-order valence-corrected chi connectivity index (χ3v) is 4.49. The van der Waals surface area contributed by atoms with Crippen molar-refractivity contribution in [2.24, 2.45) is 0 Å². The molecule has 7 nitrogen and oxygen atoms in total. The molecule has 0 spiro atoms. The van der Waals surface area contributed by atoms with Crippen molar-refractivity contribution < 1.29 is 4.79 Å². The Labute approximate surface area is 148 Å². The quantitative estimate of drug-likeness (QED) is 0.727. The second-order valence-corrected chi connectivity index (χ2v) is 6.44. The zero-order valence-corrected chi connectivity index (χ0v) is 14.1. The lowest BCUT2D eigenvalue weighted by atomic mass is 10.1. The molecule has 0 bridgehead atoms. The maximum atomic E-state index is 12.5. The molecule has 0 unspecified atom stereocenters. The van der Waals surface area contributed by atoms with Crippen LogP contribution in [-0.2, 0) is 6.54 Å². The minimum Gasteiger partial charge on any atom is -0.350 e. The number of para-hydroxylation sites is 1. The predicted octanol–water partition coefficient (Wildman–Crippen LogP) is 1.39. The highest BCUT2D eigenvalue weighted by molar-refractivity contribution is 6.05. The van der Waals surface area contributed by atoms with E-state index in [0.717, 1.165) is 18.5 Å². The molecular weight excluding hydrogens is 332 g/mol. The normalized spacial score (nSPS) is 13.7. The van der Waals surface area contributed by atoms with Crippen LogP contribution >= 0.6 is 0 Å². The van der Waals surface area contributed by atoms with Crippen LogP contribution < -0.4 is 16.4 Å². The monoisotopic (exact) mass is 350 g/mol. The van der Waals surface area contributed by atoms with Crippen LogP contribution in [0.25, 0.3) is 10.9 Å². The largest absolute Gasteiger partial charge is 0.350 e. The topological polar surface area (TPSA) is 96.8 Å². The fraction of sp³-hybridized carbons (Fsp3) is 0.263. The van der Waals surface area contributed by atoms with Gasteiger partial charge >= 0.3 is 0 Å². The van der Waals surface area contributed by atoms with E-state index in [2.05, 4.69) is 15.4 Å². The van der Waals surface area contributed by atoms with Gasteiger partial charge < -0.3 is 10.3 Å². The smallest absolute Gasteiger partial charge is 0.266 e. The molecule has 0 saturated heterocycles. The van der Waals surface area contributed by atoms with Gasteiger partial charge in [-0.3, -0.25) is 14.4 Å². The van der Waals surface area contributed by atoms with Crippen LogP contribution in [0.1, 0.15) is 34.8 Å². The Morgan fingerprint density at radius 3 is 2.81 bits per heavy atom. The van der Waals surface area contributed by atoms with Crippen molar-refractivity contribution >= 4 is 16.8 Å². The third kappa shape index (κ3) is 3.28. The highest BCUT2D eigenvalue weighted by Gasteiger charge is 2.25. The molecule has 1 saturated carbocycles. The number of hydrogen-bond acceptors (Lipinski definition) is 4. The van der Waals surface area contributed by atoms with Gasteiger partial charge in [-0.15, -0.1) is 0 Å². The molecule has 0 aliphatic heterocycles. The molecule has 26 heavy (non-hydrogen) atoms. The summed E-state index contributed by atoms with van der Waals surface area (Å²) in [4.78, 5) is 38.9. The summed E-state index contributed by atoms with van der Waals surface area (Å²) >= 11 is 0. The fourth-order valence-electron chi connectivity index (χ4n) is 2.98.